The first kappa shape index (κ1) is 9.71. The van der Waals surface area contributed by atoms with Gasteiger partial charge < -0.3 is 5.73 Å². The minimum absolute atomic E-state index is 0.578. The molecule has 0 aliphatic heterocycles. The molecule has 0 amide bonds. The zero-order chi connectivity index (χ0) is 9.80. The molecule has 0 aliphatic carbocycles. The van der Waals surface area contributed by atoms with E-state index in [0.29, 0.717) is 6.54 Å². The number of hydrogen-bond acceptors (Lipinski definition) is 4. The van der Waals surface area contributed by atoms with E-state index in [4.69, 9.17) is 5.73 Å². The first-order valence-corrected chi connectivity index (χ1v) is 5.95. The van der Waals surface area contributed by atoms with Crippen LogP contribution in [0.2, 0.25) is 0 Å². The number of aromatic nitrogens is 1. The Balaban J connectivity index is 2.24. The molecule has 0 aliphatic rings. The molecule has 0 unspecified atom stereocenters. The third kappa shape index (κ3) is 2.15. The zero-order valence-electron chi connectivity index (χ0n) is 7.51. The van der Waals surface area contributed by atoms with Gasteiger partial charge in [-0.1, -0.05) is 30.0 Å². The summed E-state index contributed by atoms with van der Waals surface area (Å²) in [6.07, 6.45) is 1.82. The highest BCUT2D eigenvalue weighted by Gasteiger charge is 2.03. The Morgan fingerprint density at radius 2 is 2.21 bits per heavy atom. The van der Waals surface area contributed by atoms with E-state index in [0.717, 1.165) is 4.34 Å². The largest absolute Gasteiger partial charge is 0.326 e. The summed E-state index contributed by atoms with van der Waals surface area (Å²) < 4.78 is 1.06. The molecule has 72 valence electrons. The van der Waals surface area contributed by atoms with E-state index in [1.54, 1.807) is 23.1 Å². The van der Waals surface area contributed by atoms with Crippen LogP contribution in [0, 0.1) is 0 Å². The van der Waals surface area contributed by atoms with Gasteiger partial charge in [-0.05, 0) is 11.6 Å². The smallest absolute Gasteiger partial charge is 0.154 e. The number of thiazole rings is 1. The molecule has 1 heterocycles. The Bertz CT molecular complexity index is 398. The van der Waals surface area contributed by atoms with Crippen LogP contribution in [0.15, 0.2) is 45.1 Å². The molecule has 14 heavy (non-hydrogen) atoms. The fourth-order valence-electron chi connectivity index (χ4n) is 1.13. The monoisotopic (exact) mass is 222 g/mol. The lowest BCUT2D eigenvalue weighted by Crippen LogP contribution is -1.97. The molecule has 0 fully saturated rings. The quantitative estimate of drug-likeness (QED) is 0.868. The fraction of sp³-hybridized carbons (Fsp3) is 0.100. The second-order valence-electron chi connectivity index (χ2n) is 2.71. The minimum Gasteiger partial charge on any atom is -0.326 e. The van der Waals surface area contributed by atoms with Crippen molar-refractivity contribution in [3.8, 4) is 0 Å². The molecular formula is C10H10N2S2. The van der Waals surface area contributed by atoms with Gasteiger partial charge in [-0.2, -0.15) is 0 Å². The zero-order valence-corrected chi connectivity index (χ0v) is 9.15. The van der Waals surface area contributed by atoms with Crippen molar-refractivity contribution in [2.24, 2.45) is 5.73 Å². The standard InChI is InChI=1S/C10H10N2S2/c11-7-8-3-1-2-4-9(8)14-10-12-5-6-13-10/h1-6H,7,11H2. The van der Waals surface area contributed by atoms with Crippen LogP contribution in [0.4, 0.5) is 0 Å². The Hall–Kier alpha value is -0.840. The average molecular weight is 222 g/mol. The van der Waals surface area contributed by atoms with Crippen LogP contribution in [-0.2, 0) is 6.54 Å². The number of benzene rings is 1. The third-order valence-corrected chi connectivity index (χ3v) is 3.80. The Morgan fingerprint density at radius 3 is 2.93 bits per heavy atom. The van der Waals surface area contributed by atoms with Crippen molar-refractivity contribution in [3.05, 3.63) is 41.4 Å². The molecule has 0 atom stereocenters. The highest BCUT2D eigenvalue weighted by molar-refractivity contribution is 8.01. The molecule has 0 bridgehead atoms. The molecule has 4 heteroatoms. The number of rotatable bonds is 3. The predicted octanol–water partition coefficient (Wildman–Crippen LogP) is 2.75. The maximum Gasteiger partial charge on any atom is 0.154 e. The van der Waals surface area contributed by atoms with E-state index in [-0.39, 0.29) is 0 Å². The number of nitrogens with zero attached hydrogens (tertiary/aromatic N) is 1. The van der Waals surface area contributed by atoms with Crippen LogP contribution in [0.5, 0.6) is 0 Å². The van der Waals surface area contributed by atoms with Gasteiger partial charge in [0.25, 0.3) is 0 Å². The summed E-state index contributed by atoms with van der Waals surface area (Å²) in [4.78, 5) is 5.43. The first-order chi connectivity index (χ1) is 6.90. The summed E-state index contributed by atoms with van der Waals surface area (Å²) in [6, 6.07) is 8.16. The van der Waals surface area contributed by atoms with E-state index in [1.807, 2.05) is 23.7 Å². The topological polar surface area (TPSA) is 38.9 Å². The van der Waals surface area contributed by atoms with Crippen molar-refractivity contribution in [1.82, 2.24) is 4.98 Å². The fourth-order valence-corrected chi connectivity index (χ4v) is 2.85. The van der Waals surface area contributed by atoms with E-state index in [2.05, 4.69) is 17.1 Å². The van der Waals surface area contributed by atoms with Crippen LogP contribution in [-0.4, -0.2) is 4.98 Å². The van der Waals surface area contributed by atoms with Crippen molar-refractivity contribution in [1.29, 1.82) is 0 Å². The van der Waals surface area contributed by atoms with E-state index < -0.39 is 0 Å². The van der Waals surface area contributed by atoms with Crippen LogP contribution in [0.1, 0.15) is 5.56 Å². The Kier molecular flexibility index (Phi) is 3.18. The molecular weight excluding hydrogens is 212 g/mol. The summed E-state index contributed by atoms with van der Waals surface area (Å²) >= 11 is 3.32. The van der Waals surface area contributed by atoms with Crippen LogP contribution in [0.3, 0.4) is 0 Å². The summed E-state index contributed by atoms with van der Waals surface area (Å²) in [5.41, 5.74) is 6.82. The molecule has 2 rings (SSSR count). The van der Waals surface area contributed by atoms with E-state index in [9.17, 15) is 0 Å². The molecule has 2 N–H and O–H groups in total. The van der Waals surface area contributed by atoms with Crippen molar-refractivity contribution in [2.45, 2.75) is 15.8 Å². The second-order valence-corrected chi connectivity index (χ2v) is 4.90. The molecule has 0 saturated heterocycles. The Labute approximate surface area is 91.2 Å². The first-order valence-electron chi connectivity index (χ1n) is 4.25. The van der Waals surface area contributed by atoms with Crippen molar-refractivity contribution < 1.29 is 0 Å². The maximum atomic E-state index is 5.65. The van der Waals surface area contributed by atoms with Gasteiger partial charge in [0.15, 0.2) is 4.34 Å². The predicted molar refractivity (Wildman–Crippen MR) is 60.6 cm³/mol. The molecule has 0 radical (unpaired) electrons. The lowest BCUT2D eigenvalue weighted by Gasteiger charge is -2.03. The van der Waals surface area contributed by atoms with Gasteiger partial charge in [0.05, 0.1) is 0 Å². The van der Waals surface area contributed by atoms with Gasteiger partial charge in [0, 0.05) is 23.0 Å². The minimum atomic E-state index is 0.578. The summed E-state index contributed by atoms with van der Waals surface area (Å²) in [7, 11) is 0. The molecule has 0 saturated carbocycles. The van der Waals surface area contributed by atoms with Gasteiger partial charge >= 0.3 is 0 Å². The maximum absolute atomic E-state index is 5.65. The molecule has 1 aromatic heterocycles. The normalized spacial score (nSPS) is 10.4. The highest BCUT2D eigenvalue weighted by Crippen LogP contribution is 2.31. The Morgan fingerprint density at radius 1 is 1.36 bits per heavy atom. The summed E-state index contributed by atoms with van der Waals surface area (Å²) in [5.74, 6) is 0. The van der Waals surface area contributed by atoms with Gasteiger partial charge in [-0.3, -0.25) is 0 Å². The van der Waals surface area contributed by atoms with Crippen LogP contribution >= 0.6 is 23.1 Å². The second kappa shape index (κ2) is 4.59. The van der Waals surface area contributed by atoms with Gasteiger partial charge in [0.2, 0.25) is 0 Å². The van der Waals surface area contributed by atoms with Crippen LogP contribution in [0.25, 0.3) is 0 Å². The molecule has 2 aromatic rings. The van der Waals surface area contributed by atoms with Gasteiger partial charge in [0.1, 0.15) is 0 Å². The summed E-state index contributed by atoms with van der Waals surface area (Å²) in [5, 5.41) is 1.98. The van der Waals surface area contributed by atoms with Crippen LogP contribution < -0.4 is 5.73 Å². The lowest BCUT2D eigenvalue weighted by atomic mass is 10.2. The molecule has 1 aromatic carbocycles. The third-order valence-electron chi connectivity index (χ3n) is 1.80. The van der Waals surface area contributed by atoms with Gasteiger partial charge in [-0.25, -0.2) is 4.98 Å². The molecule has 2 nitrogen and oxygen atoms in total. The highest BCUT2D eigenvalue weighted by atomic mass is 32.2. The van der Waals surface area contributed by atoms with Gasteiger partial charge in [-0.15, -0.1) is 11.3 Å². The number of nitrogens with two attached hydrogens (primary N) is 1. The van der Waals surface area contributed by atoms with Crippen molar-refractivity contribution in [3.63, 3.8) is 0 Å². The van der Waals surface area contributed by atoms with Crippen molar-refractivity contribution in [2.75, 3.05) is 0 Å². The average Bonchev–Trinajstić information content (AvgIpc) is 2.71. The molecule has 0 spiro atoms. The lowest BCUT2D eigenvalue weighted by molar-refractivity contribution is 1.03. The number of hydrogen-bond donors (Lipinski definition) is 1. The van der Waals surface area contributed by atoms with E-state index in [1.165, 1.54) is 10.5 Å². The van der Waals surface area contributed by atoms with Crippen molar-refractivity contribution >= 4 is 23.1 Å². The van der Waals surface area contributed by atoms with E-state index >= 15 is 0 Å². The summed E-state index contributed by atoms with van der Waals surface area (Å²) in [6.45, 7) is 0.578. The SMILES string of the molecule is NCc1ccccc1Sc1nccs1.